The number of hydrogen-bond donors (Lipinski definition) is 2. The van der Waals surface area contributed by atoms with Crippen LogP contribution in [0.3, 0.4) is 0 Å². The van der Waals surface area contributed by atoms with Crippen LogP contribution < -0.4 is 4.83 Å². The highest BCUT2D eigenvalue weighted by Crippen LogP contribution is 2.10. The fourth-order valence-corrected chi connectivity index (χ4v) is 2.53. The molecule has 0 aliphatic carbocycles. The average Bonchev–Trinajstić information content (AvgIpc) is 2.53. The number of hydrazone groups is 1. The maximum Gasteiger partial charge on any atom is 0.276 e. The van der Waals surface area contributed by atoms with Gasteiger partial charge in [0.2, 0.25) is 0 Å². The predicted molar refractivity (Wildman–Crippen MR) is 84.8 cm³/mol. The Labute approximate surface area is 128 Å². The summed E-state index contributed by atoms with van der Waals surface area (Å²) in [6.45, 7) is 1.87. The molecule has 0 amide bonds. The topological polar surface area (TPSA) is 91.1 Å². The molecule has 0 unspecified atom stereocenters. The number of sulfonamides is 1. The summed E-state index contributed by atoms with van der Waals surface area (Å²) in [7, 11) is -3.78. The van der Waals surface area contributed by atoms with Crippen molar-refractivity contribution in [1.29, 1.82) is 0 Å². The van der Waals surface area contributed by atoms with Gasteiger partial charge in [0.25, 0.3) is 10.0 Å². The Bertz CT molecular complexity index is 783. The van der Waals surface area contributed by atoms with E-state index in [1.807, 2.05) is 13.0 Å². The van der Waals surface area contributed by atoms with Gasteiger partial charge in [-0.05, 0) is 19.1 Å². The maximum atomic E-state index is 12.2. The van der Waals surface area contributed by atoms with E-state index in [4.69, 9.17) is 5.21 Å². The van der Waals surface area contributed by atoms with Gasteiger partial charge in [-0.15, -0.1) is 0 Å². The SMILES string of the molecule is Cc1ccc(S(=O)(=O)NN=C(C=NO)c2ccccc2)cc1. The molecule has 0 saturated heterocycles. The molecule has 22 heavy (non-hydrogen) atoms. The Morgan fingerprint density at radius 1 is 1.09 bits per heavy atom. The van der Waals surface area contributed by atoms with Gasteiger partial charge >= 0.3 is 0 Å². The second kappa shape index (κ2) is 6.86. The number of rotatable bonds is 5. The zero-order chi connectivity index (χ0) is 16.0. The Morgan fingerprint density at radius 3 is 2.32 bits per heavy atom. The third-order valence-electron chi connectivity index (χ3n) is 2.87. The second-order valence-corrected chi connectivity index (χ2v) is 6.18. The van der Waals surface area contributed by atoms with Crippen molar-refractivity contribution in [2.45, 2.75) is 11.8 Å². The molecule has 0 atom stereocenters. The van der Waals surface area contributed by atoms with E-state index in [1.165, 1.54) is 12.1 Å². The van der Waals surface area contributed by atoms with Crippen molar-refractivity contribution in [3.63, 3.8) is 0 Å². The van der Waals surface area contributed by atoms with Crippen LogP contribution in [0.5, 0.6) is 0 Å². The van der Waals surface area contributed by atoms with Gasteiger partial charge in [-0.3, -0.25) is 0 Å². The number of nitrogens with zero attached hydrogens (tertiary/aromatic N) is 2. The lowest BCUT2D eigenvalue weighted by molar-refractivity contribution is 0.322. The average molecular weight is 317 g/mol. The monoisotopic (exact) mass is 317 g/mol. The number of oxime groups is 1. The van der Waals surface area contributed by atoms with E-state index in [9.17, 15) is 8.42 Å². The van der Waals surface area contributed by atoms with Crippen LogP contribution in [0.1, 0.15) is 11.1 Å². The van der Waals surface area contributed by atoms with E-state index >= 15 is 0 Å². The van der Waals surface area contributed by atoms with E-state index in [1.54, 1.807) is 36.4 Å². The first-order chi connectivity index (χ1) is 10.5. The zero-order valence-corrected chi connectivity index (χ0v) is 12.7. The molecule has 2 aromatic carbocycles. The smallest absolute Gasteiger partial charge is 0.276 e. The highest BCUT2D eigenvalue weighted by molar-refractivity contribution is 7.89. The van der Waals surface area contributed by atoms with Crippen molar-refractivity contribution >= 4 is 21.9 Å². The largest absolute Gasteiger partial charge is 0.411 e. The fraction of sp³-hybridized carbons (Fsp3) is 0.0667. The molecule has 7 heteroatoms. The third kappa shape index (κ3) is 3.92. The Balaban J connectivity index is 2.29. The molecule has 2 aromatic rings. The van der Waals surface area contributed by atoms with Crippen LogP contribution in [0.25, 0.3) is 0 Å². The van der Waals surface area contributed by atoms with Gasteiger partial charge in [0.15, 0.2) is 0 Å². The van der Waals surface area contributed by atoms with Crippen molar-refractivity contribution in [2.24, 2.45) is 10.3 Å². The summed E-state index contributed by atoms with van der Waals surface area (Å²) in [4.78, 5) is 2.24. The van der Waals surface area contributed by atoms with E-state index in [-0.39, 0.29) is 10.6 Å². The molecule has 0 aliphatic rings. The molecule has 0 bridgehead atoms. The molecule has 0 radical (unpaired) electrons. The van der Waals surface area contributed by atoms with Gasteiger partial charge in [0.05, 0.1) is 11.1 Å². The normalized spacial score (nSPS) is 12.5. The lowest BCUT2D eigenvalue weighted by atomic mass is 10.1. The first-order valence-electron chi connectivity index (χ1n) is 6.42. The molecule has 6 nitrogen and oxygen atoms in total. The van der Waals surface area contributed by atoms with Crippen molar-refractivity contribution in [2.75, 3.05) is 0 Å². The van der Waals surface area contributed by atoms with Crippen LogP contribution in [0.4, 0.5) is 0 Å². The number of nitrogens with one attached hydrogen (secondary N) is 1. The van der Waals surface area contributed by atoms with Crippen LogP contribution in [0, 0.1) is 6.92 Å². The molecule has 0 heterocycles. The highest BCUT2D eigenvalue weighted by Gasteiger charge is 2.13. The molecule has 2 N–H and O–H groups in total. The van der Waals surface area contributed by atoms with Gasteiger partial charge in [0, 0.05) is 5.56 Å². The molecular weight excluding hydrogens is 302 g/mol. The van der Waals surface area contributed by atoms with Crippen LogP contribution >= 0.6 is 0 Å². The summed E-state index contributed by atoms with van der Waals surface area (Å²) in [6.07, 6.45) is 1.06. The van der Waals surface area contributed by atoms with Gasteiger partial charge < -0.3 is 5.21 Å². The summed E-state index contributed by atoms with van der Waals surface area (Å²) in [5, 5.41) is 15.4. The van der Waals surface area contributed by atoms with E-state index in [0.29, 0.717) is 5.56 Å². The highest BCUT2D eigenvalue weighted by atomic mass is 32.2. The van der Waals surface area contributed by atoms with Crippen LogP contribution in [0.15, 0.2) is 69.7 Å². The number of aryl methyl sites for hydroxylation is 1. The van der Waals surface area contributed by atoms with E-state index in [2.05, 4.69) is 15.1 Å². The van der Waals surface area contributed by atoms with Crippen molar-refractivity contribution < 1.29 is 13.6 Å². The molecular formula is C15H15N3O3S. The standard InChI is InChI=1S/C15H15N3O3S/c1-12-7-9-14(10-8-12)22(20,21)18-17-15(11-16-19)13-5-3-2-4-6-13/h2-11,18-19H,1H3. The minimum atomic E-state index is -3.78. The summed E-state index contributed by atoms with van der Waals surface area (Å²) in [6, 6.07) is 15.2. The summed E-state index contributed by atoms with van der Waals surface area (Å²) in [5.41, 5.74) is 1.77. The Morgan fingerprint density at radius 2 is 1.73 bits per heavy atom. The minimum Gasteiger partial charge on any atom is -0.411 e. The van der Waals surface area contributed by atoms with Gasteiger partial charge in [-0.2, -0.15) is 18.4 Å². The van der Waals surface area contributed by atoms with Gasteiger partial charge in [0.1, 0.15) is 5.71 Å². The first kappa shape index (κ1) is 15.7. The Kier molecular flexibility index (Phi) is 4.90. The molecule has 0 aliphatic heterocycles. The lowest BCUT2D eigenvalue weighted by Crippen LogP contribution is -2.21. The predicted octanol–water partition coefficient (Wildman–Crippen LogP) is 2.14. The van der Waals surface area contributed by atoms with Crippen molar-refractivity contribution in [1.82, 2.24) is 4.83 Å². The minimum absolute atomic E-state index is 0.107. The Hall–Kier alpha value is -2.67. The lowest BCUT2D eigenvalue weighted by Gasteiger charge is -2.05. The van der Waals surface area contributed by atoms with Gasteiger partial charge in [-0.1, -0.05) is 53.2 Å². The van der Waals surface area contributed by atoms with Crippen molar-refractivity contribution in [3.05, 3.63) is 65.7 Å². The molecule has 114 valence electrons. The first-order valence-corrected chi connectivity index (χ1v) is 7.90. The second-order valence-electron chi connectivity index (χ2n) is 4.52. The molecule has 0 fully saturated rings. The maximum absolute atomic E-state index is 12.2. The van der Waals surface area contributed by atoms with Crippen LogP contribution in [0.2, 0.25) is 0 Å². The summed E-state index contributed by atoms with van der Waals surface area (Å²) in [5.74, 6) is 0. The van der Waals surface area contributed by atoms with Crippen LogP contribution in [-0.2, 0) is 10.0 Å². The molecule has 0 saturated carbocycles. The fourth-order valence-electron chi connectivity index (χ4n) is 1.71. The zero-order valence-electron chi connectivity index (χ0n) is 11.8. The molecule has 0 aromatic heterocycles. The number of hydrogen-bond acceptors (Lipinski definition) is 5. The quantitative estimate of drug-likeness (QED) is 0.503. The van der Waals surface area contributed by atoms with Gasteiger partial charge in [-0.25, -0.2) is 0 Å². The van der Waals surface area contributed by atoms with Crippen LogP contribution in [-0.4, -0.2) is 25.6 Å². The van der Waals surface area contributed by atoms with E-state index in [0.717, 1.165) is 11.8 Å². The summed E-state index contributed by atoms with van der Waals surface area (Å²) < 4.78 is 24.3. The summed E-state index contributed by atoms with van der Waals surface area (Å²) >= 11 is 0. The van der Waals surface area contributed by atoms with E-state index < -0.39 is 10.0 Å². The van der Waals surface area contributed by atoms with Crippen molar-refractivity contribution in [3.8, 4) is 0 Å². The molecule has 0 spiro atoms. The molecule has 2 rings (SSSR count). The number of benzene rings is 2. The third-order valence-corrected chi connectivity index (χ3v) is 4.09.